The molecule has 1 fully saturated rings. The van der Waals surface area contributed by atoms with Crippen molar-refractivity contribution in [1.29, 1.82) is 0 Å². The van der Waals surface area contributed by atoms with Crippen molar-refractivity contribution in [3.05, 3.63) is 53.1 Å². The minimum Gasteiger partial charge on any atom is -0.348 e. The van der Waals surface area contributed by atoms with Crippen LogP contribution in [0.2, 0.25) is 0 Å². The number of piperidine rings is 1. The third kappa shape index (κ3) is 2.79. The van der Waals surface area contributed by atoms with Gasteiger partial charge in [-0.05, 0) is 49.8 Å². The van der Waals surface area contributed by atoms with Crippen molar-refractivity contribution in [2.75, 3.05) is 26.2 Å². The number of hydrogen-bond acceptors (Lipinski definition) is 3. The Bertz CT molecular complexity index is 865. The van der Waals surface area contributed by atoms with Gasteiger partial charge in [-0.15, -0.1) is 0 Å². The maximum absolute atomic E-state index is 13.3. The molecule has 0 saturated carbocycles. The molecule has 5 nitrogen and oxygen atoms in total. The number of fused-ring (bicyclic) bond motifs is 3. The Morgan fingerprint density at radius 2 is 1.96 bits per heavy atom. The average molecular weight is 379 g/mol. The Labute approximate surface area is 167 Å². The zero-order chi connectivity index (χ0) is 19.1. The Morgan fingerprint density at radius 3 is 2.75 bits per heavy atom. The molecule has 0 unspecified atom stereocenters. The number of amides is 1. The van der Waals surface area contributed by atoms with Crippen LogP contribution in [-0.4, -0.2) is 51.9 Å². The van der Waals surface area contributed by atoms with Crippen molar-refractivity contribution >= 4 is 5.91 Å². The highest BCUT2D eigenvalue weighted by Gasteiger charge is 2.47. The van der Waals surface area contributed by atoms with Gasteiger partial charge < -0.3 is 9.88 Å². The lowest BCUT2D eigenvalue weighted by atomic mass is 9.78. The Hall–Kier alpha value is -2.14. The van der Waals surface area contributed by atoms with Crippen LogP contribution < -0.4 is 0 Å². The molecule has 3 heterocycles. The molecule has 2 aliphatic heterocycles. The third-order valence-electron chi connectivity index (χ3n) is 7.38. The van der Waals surface area contributed by atoms with E-state index >= 15 is 0 Å². The number of H-pyrrole nitrogens is 1. The largest absolute Gasteiger partial charge is 0.348 e. The maximum atomic E-state index is 13.3. The van der Waals surface area contributed by atoms with E-state index in [-0.39, 0.29) is 11.5 Å². The molecule has 3 aliphatic rings. The fraction of sp³-hybridized carbons (Fsp3) is 0.565. The van der Waals surface area contributed by atoms with E-state index in [1.165, 1.54) is 22.5 Å². The van der Waals surface area contributed by atoms with Crippen molar-refractivity contribution in [3.63, 3.8) is 0 Å². The minimum absolute atomic E-state index is 0.0122. The molecule has 1 aromatic heterocycles. The number of likely N-dealkylation sites (tertiary alicyclic amines) is 1. The molecule has 5 rings (SSSR count). The second-order valence-corrected chi connectivity index (χ2v) is 8.62. The number of nitrogens with zero attached hydrogens (tertiary/aromatic N) is 3. The number of rotatable bonds is 2. The second-order valence-electron chi connectivity index (χ2n) is 8.62. The van der Waals surface area contributed by atoms with Crippen molar-refractivity contribution in [3.8, 4) is 0 Å². The van der Waals surface area contributed by atoms with Gasteiger partial charge in [-0.2, -0.15) is 0 Å². The van der Waals surface area contributed by atoms with Gasteiger partial charge in [0.2, 0.25) is 5.91 Å². The molecule has 0 radical (unpaired) electrons. The van der Waals surface area contributed by atoms with Crippen LogP contribution in [0.25, 0.3) is 0 Å². The number of nitrogens with one attached hydrogen (secondary N) is 1. The summed E-state index contributed by atoms with van der Waals surface area (Å²) < 4.78 is 0. The number of aryl methyl sites for hydroxylation is 1. The van der Waals surface area contributed by atoms with E-state index in [0.717, 1.165) is 64.7 Å². The summed E-state index contributed by atoms with van der Waals surface area (Å²) in [5.74, 6) is 0.518. The Kier molecular flexibility index (Phi) is 4.50. The van der Waals surface area contributed by atoms with Crippen LogP contribution in [0.1, 0.15) is 48.7 Å². The highest BCUT2D eigenvalue weighted by Crippen LogP contribution is 2.42. The Balaban J connectivity index is 1.31. The van der Waals surface area contributed by atoms with Gasteiger partial charge in [-0.25, -0.2) is 4.98 Å². The van der Waals surface area contributed by atoms with Crippen LogP contribution in [-0.2, 0) is 29.6 Å². The van der Waals surface area contributed by atoms with Gasteiger partial charge in [-0.3, -0.25) is 9.69 Å². The molecular weight excluding hydrogens is 348 g/mol. The van der Waals surface area contributed by atoms with E-state index in [1.807, 2.05) is 6.33 Å². The summed E-state index contributed by atoms with van der Waals surface area (Å²) >= 11 is 0. The second kappa shape index (κ2) is 7.03. The highest BCUT2D eigenvalue weighted by atomic mass is 16.2. The molecule has 2 aromatic rings. The number of likely N-dealkylation sites (N-methyl/N-ethyl adjacent to an activating group) is 1. The molecule has 148 valence electrons. The fourth-order valence-electron chi connectivity index (χ4n) is 5.80. The molecular formula is C23H30N4O. The first-order valence-corrected chi connectivity index (χ1v) is 10.8. The average Bonchev–Trinajstić information content (AvgIpc) is 3.24. The van der Waals surface area contributed by atoms with Crippen molar-refractivity contribution in [1.82, 2.24) is 19.8 Å². The fourth-order valence-corrected chi connectivity index (χ4v) is 5.80. The Morgan fingerprint density at radius 1 is 1.18 bits per heavy atom. The lowest BCUT2D eigenvalue weighted by Crippen LogP contribution is -2.57. The van der Waals surface area contributed by atoms with Gasteiger partial charge >= 0.3 is 0 Å². The molecule has 1 saturated heterocycles. The van der Waals surface area contributed by atoms with Crippen molar-refractivity contribution in [2.45, 2.75) is 51.0 Å². The zero-order valence-electron chi connectivity index (χ0n) is 16.8. The van der Waals surface area contributed by atoms with E-state index in [1.54, 1.807) is 0 Å². The van der Waals surface area contributed by atoms with Gasteiger partial charge in [0.1, 0.15) is 0 Å². The van der Waals surface area contributed by atoms with Gasteiger partial charge in [0.15, 0.2) is 0 Å². The minimum atomic E-state index is 0.0122. The highest BCUT2D eigenvalue weighted by molar-refractivity contribution is 5.79. The molecule has 1 N–H and O–H groups in total. The number of aromatic amines is 1. The molecule has 1 aromatic carbocycles. The molecule has 1 aliphatic carbocycles. The lowest BCUT2D eigenvalue weighted by molar-refractivity contribution is -0.139. The zero-order valence-corrected chi connectivity index (χ0v) is 16.8. The van der Waals surface area contributed by atoms with Gasteiger partial charge in [-0.1, -0.05) is 31.2 Å². The van der Waals surface area contributed by atoms with E-state index in [0.29, 0.717) is 5.91 Å². The quantitative estimate of drug-likeness (QED) is 0.874. The van der Waals surface area contributed by atoms with Gasteiger partial charge in [0, 0.05) is 37.7 Å². The summed E-state index contributed by atoms with van der Waals surface area (Å²) in [6, 6.07) is 8.61. The molecule has 0 bridgehead atoms. The maximum Gasteiger partial charge on any atom is 0.226 e. The predicted octanol–water partition coefficient (Wildman–Crippen LogP) is 2.91. The summed E-state index contributed by atoms with van der Waals surface area (Å²) in [5, 5.41) is 0. The summed E-state index contributed by atoms with van der Waals surface area (Å²) in [6.45, 7) is 6.06. The van der Waals surface area contributed by atoms with Crippen LogP contribution in [0, 0.1) is 5.92 Å². The number of hydrogen-bond donors (Lipinski definition) is 1. The van der Waals surface area contributed by atoms with Crippen molar-refractivity contribution in [2.24, 2.45) is 5.92 Å². The van der Waals surface area contributed by atoms with Crippen LogP contribution in [0.5, 0.6) is 0 Å². The monoisotopic (exact) mass is 378 g/mol. The number of aromatic nitrogens is 2. The van der Waals surface area contributed by atoms with Crippen LogP contribution in [0.3, 0.4) is 0 Å². The topological polar surface area (TPSA) is 52.2 Å². The van der Waals surface area contributed by atoms with Crippen molar-refractivity contribution < 1.29 is 4.79 Å². The predicted molar refractivity (Wildman–Crippen MR) is 109 cm³/mol. The molecule has 1 spiro atoms. The SMILES string of the molecule is CCN1CCc2[nH]cnc2C12CCN(C(=O)[C@@H]1CCc3ccccc3C1)CC2. The molecule has 28 heavy (non-hydrogen) atoms. The van der Waals surface area contributed by atoms with Crippen LogP contribution in [0.4, 0.5) is 0 Å². The lowest BCUT2D eigenvalue weighted by Gasteiger charge is -2.50. The normalized spacial score (nSPS) is 24.0. The standard InChI is InChI=1S/C23H30N4O/c1-2-27-12-9-20-21(25-16-24-20)23(27)10-13-26(14-11-23)22(28)19-8-7-17-5-3-4-6-18(17)15-19/h3-6,16,19H,2,7-15H2,1H3,(H,24,25)/t19-/m1/s1. The van der Waals surface area contributed by atoms with Crippen LogP contribution in [0.15, 0.2) is 30.6 Å². The molecule has 1 atom stereocenters. The smallest absolute Gasteiger partial charge is 0.226 e. The first-order chi connectivity index (χ1) is 13.7. The van der Waals surface area contributed by atoms with E-state index in [2.05, 4.69) is 46.0 Å². The molecule has 5 heteroatoms. The molecule has 1 amide bonds. The van der Waals surface area contributed by atoms with Gasteiger partial charge in [0.25, 0.3) is 0 Å². The summed E-state index contributed by atoms with van der Waals surface area (Å²) in [4.78, 5) is 26.1. The van der Waals surface area contributed by atoms with Crippen LogP contribution >= 0.6 is 0 Å². The van der Waals surface area contributed by atoms with E-state index < -0.39 is 0 Å². The van der Waals surface area contributed by atoms with E-state index in [4.69, 9.17) is 4.98 Å². The third-order valence-corrected chi connectivity index (χ3v) is 7.38. The first-order valence-electron chi connectivity index (χ1n) is 10.8. The number of imidazole rings is 1. The number of benzene rings is 1. The summed E-state index contributed by atoms with van der Waals surface area (Å²) in [7, 11) is 0. The first kappa shape index (κ1) is 17.9. The number of carbonyl (C=O) groups excluding carboxylic acids is 1. The number of carbonyl (C=O) groups is 1. The summed E-state index contributed by atoms with van der Waals surface area (Å²) in [6.07, 6.45) is 7.81. The van der Waals surface area contributed by atoms with Gasteiger partial charge in [0.05, 0.1) is 17.6 Å². The van der Waals surface area contributed by atoms with E-state index in [9.17, 15) is 4.79 Å². The summed E-state index contributed by atoms with van der Waals surface area (Å²) in [5.41, 5.74) is 5.34.